The summed E-state index contributed by atoms with van der Waals surface area (Å²) in [5.41, 5.74) is 6.37. The molecule has 0 fully saturated rings. The molecule has 0 amide bonds. The molecule has 1 heterocycles. The van der Waals surface area contributed by atoms with E-state index in [0.717, 1.165) is 12.1 Å². The van der Waals surface area contributed by atoms with Crippen molar-refractivity contribution in [3.8, 4) is 0 Å². The van der Waals surface area contributed by atoms with E-state index in [2.05, 4.69) is 57.0 Å². The van der Waals surface area contributed by atoms with Crippen molar-refractivity contribution in [3.63, 3.8) is 0 Å². The van der Waals surface area contributed by atoms with Gasteiger partial charge in [0.25, 0.3) is 0 Å². The molecule has 0 unspecified atom stereocenters. The van der Waals surface area contributed by atoms with Gasteiger partial charge in [-0.1, -0.05) is 20.4 Å². The molecule has 2 N–H and O–H groups in total. The summed E-state index contributed by atoms with van der Waals surface area (Å²) in [6, 6.07) is 4.93. The van der Waals surface area contributed by atoms with Crippen LogP contribution in [0.25, 0.3) is 0 Å². The van der Waals surface area contributed by atoms with Gasteiger partial charge in [-0.25, -0.2) is 0 Å². The topological polar surface area (TPSA) is 24.1 Å². The summed E-state index contributed by atoms with van der Waals surface area (Å²) in [5, 5.41) is 6.85. The first kappa shape index (κ1) is 12.0. The summed E-state index contributed by atoms with van der Waals surface area (Å²) in [5.74, 6) is 0.547. The molecule has 0 atom stereocenters. The van der Waals surface area contributed by atoms with E-state index in [1.165, 1.54) is 22.5 Å². The Morgan fingerprint density at radius 2 is 1.94 bits per heavy atom. The predicted molar refractivity (Wildman–Crippen MR) is 75.8 cm³/mol. The SMILES string of the molecule is C=C1Cc2c(cc(NC(C)C)cc2C(C)C)N1. The maximum absolute atomic E-state index is 4.03. The van der Waals surface area contributed by atoms with E-state index in [1.54, 1.807) is 0 Å². The minimum atomic E-state index is 0.456. The molecule has 0 spiro atoms. The summed E-state index contributed by atoms with van der Waals surface area (Å²) < 4.78 is 0. The van der Waals surface area contributed by atoms with Gasteiger partial charge in [-0.15, -0.1) is 0 Å². The van der Waals surface area contributed by atoms with E-state index in [4.69, 9.17) is 0 Å². The Kier molecular flexibility index (Phi) is 3.14. The number of fused-ring (bicyclic) bond motifs is 1. The first-order valence-corrected chi connectivity index (χ1v) is 6.35. The molecule has 0 radical (unpaired) electrons. The monoisotopic (exact) mass is 230 g/mol. The number of hydrogen-bond acceptors (Lipinski definition) is 2. The van der Waals surface area contributed by atoms with Crippen molar-refractivity contribution in [1.82, 2.24) is 0 Å². The van der Waals surface area contributed by atoms with Crippen molar-refractivity contribution in [1.29, 1.82) is 0 Å². The molecule has 2 heteroatoms. The minimum Gasteiger partial charge on any atom is -0.383 e. The summed E-state index contributed by atoms with van der Waals surface area (Å²) in [6.45, 7) is 12.8. The number of allylic oxidation sites excluding steroid dienone is 1. The summed E-state index contributed by atoms with van der Waals surface area (Å²) in [6.07, 6.45) is 0.963. The Morgan fingerprint density at radius 1 is 1.24 bits per heavy atom. The molecule has 2 rings (SSSR count). The van der Waals surface area contributed by atoms with Crippen LogP contribution in [-0.2, 0) is 6.42 Å². The fourth-order valence-electron chi connectivity index (χ4n) is 2.38. The van der Waals surface area contributed by atoms with Crippen LogP contribution in [0.3, 0.4) is 0 Å². The second-order valence-corrected chi connectivity index (χ2v) is 5.45. The van der Waals surface area contributed by atoms with Crippen LogP contribution < -0.4 is 10.6 Å². The van der Waals surface area contributed by atoms with Crippen molar-refractivity contribution >= 4 is 11.4 Å². The first-order chi connectivity index (χ1) is 7.97. The molecule has 0 saturated carbocycles. The highest BCUT2D eigenvalue weighted by Gasteiger charge is 2.19. The van der Waals surface area contributed by atoms with Crippen molar-refractivity contribution in [2.75, 3.05) is 10.6 Å². The Hall–Kier alpha value is -1.44. The third-order valence-corrected chi connectivity index (χ3v) is 3.06. The van der Waals surface area contributed by atoms with Gasteiger partial charge in [0.15, 0.2) is 0 Å². The van der Waals surface area contributed by atoms with E-state index in [9.17, 15) is 0 Å². The van der Waals surface area contributed by atoms with Gasteiger partial charge in [0.05, 0.1) is 0 Å². The number of hydrogen-bond donors (Lipinski definition) is 2. The Balaban J connectivity index is 2.44. The zero-order valence-corrected chi connectivity index (χ0v) is 11.2. The fourth-order valence-corrected chi connectivity index (χ4v) is 2.38. The van der Waals surface area contributed by atoms with Crippen LogP contribution in [0.2, 0.25) is 0 Å². The largest absolute Gasteiger partial charge is 0.383 e. The van der Waals surface area contributed by atoms with Gasteiger partial charge in [0.1, 0.15) is 0 Å². The lowest BCUT2D eigenvalue weighted by atomic mass is 9.94. The van der Waals surface area contributed by atoms with E-state index in [0.29, 0.717) is 12.0 Å². The molecule has 0 saturated heterocycles. The van der Waals surface area contributed by atoms with Crippen molar-refractivity contribution in [2.24, 2.45) is 0 Å². The average molecular weight is 230 g/mol. The molecule has 92 valence electrons. The van der Waals surface area contributed by atoms with Crippen LogP contribution >= 0.6 is 0 Å². The molecule has 17 heavy (non-hydrogen) atoms. The Bertz CT molecular complexity index is 444. The summed E-state index contributed by atoms with van der Waals surface area (Å²) in [4.78, 5) is 0. The van der Waals surface area contributed by atoms with E-state index >= 15 is 0 Å². The maximum Gasteiger partial charge on any atom is 0.0441 e. The molecule has 0 aromatic heterocycles. The lowest BCUT2D eigenvalue weighted by Gasteiger charge is -2.17. The van der Waals surface area contributed by atoms with Crippen LogP contribution in [0.5, 0.6) is 0 Å². The number of benzene rings is 1. The first-order valence-electron chi connectivity index (χ1n) is 6.35. The summed E-state index contributed by atoms with van der Waals surface area (Å²) >= 11 is 0. The highest BCUT2D eigenvalue weighted by Crippen LogP contribution is 2.36. The number of rotatable bonds is 3. The second-order valence-electron chi connectivity index (χ2n) is 5.45. The number of anilines is 2. The van der Waals surface area contributed by atoms with Gasteiger partial charge < -0.3 is 10.6 Å². The highest BCUT2D eigenvalue weighted by molar-refractivity contribution is 5.71. The molecular weight excluding hydrogens is 208 g/mol. The molecule has 1 aromatic carbocycles. The molecule has 0 aliphatic carbocycles. The van der Waals surface area contributed by atoms with E-state index in [-0.39, 0.29) is 0 Å². The van der Waals surface area contributed by atoms with Crippen LogP contribution in [0.4, 0.5) is 11.4 Å². The predicted octanol–water partition coefficient (Wildman–Crippen LogP) is 4.11. The van der Waals surface area contributed by atoms with Crippen molar-refractivity contribution in [2.45, 2.75) is 46.1 Å². The van der Waals surface area contributed by atoms with Crippen LogP contribution in [0.15, 0.2) is 24.4 Å². The summed E-state index contributed by atoms with van der Waals surface area (Å²) in [7, 11) is 0. The standard InChI is InChI=1S/C15H22N2/c1-9(2)13-7-12(16-10(3)4)8-15-14(13)6-11(5)17-15/h7-10,16-17H,5-6H2,1-4H3. The number of nitrogens with one attached hydrogen (secondary N) is 2. The van der Waals surface area contributed by atoms with Crippen LogP contribution in [-0.4, -0.2) is 6.04 Å². The van der Waals surface area contributed by atoms with E-state index in [1.807, 2.05) is 0 Å². The molecular formula is C15H22N2. The second kappa shape index (κ2) is 4.44. The lowest BCUT2D eigenvalue weighted by molar-refractivity contribution is 0.849. The van der Waals surface area contributed by atoms with Crippen molar-refractivity contribution < 1.29 is 0 Å². The van der Waals surface area contributed by atoms with Crippen LogP contribution in [0, 0.1) is 0 Å². The van der Waals surface area contributed by atoms with Gasteiger partial charge in [0, 0.05) is 29.5 Å². The third-order valence-electron chi connectivity index (χ3n) is 3.06. The molecule has 0 bridgehead atoms. The average Bonchev–Trinajstić information content (AvgIpc) is 2.55. The maximum atomic E-state index is 4.03. The zero-order chi connectivity index (χ0) is 12.6. The van der Waals surface area contributed by atoms with Gasteiger partial charge in [-0.05, 0) is 43.0 Å². The lowest BCUT2D eigenvalue weighted by Crippen LogP contribution is -2.10. The highest BCUT2D eigenvalue weighted by atomic mass is 14.9. The normalized spacial score (nSPS) is 14.1. The van der Waals surface area contributed by atoms with Crippen LogP contribution in [0.1, 0.15) is 44.7 Å². The van der Waals surface area contributed by atoms with Gasteiger partial charge in [-0.3, -0.25) is 0 Å². The Morgan fingerprint density at radius 3 is 2.53 bits per heavy atom. The van der Waals surface area contributed by atoms with Gasteiger partial charge >= 0.3 is 0 Å². The fraction of sp³-hybridized carbons (Fsp3) is 0.467. The van der Waals surface area contributed by atoms with Gasteiger partial charge in [-0.2, -0.15) is 0 Å². The smallest absolute Gasteiger partial charge is 0.0441 e. The Labute approximate surface area is 104 Å². The molecule has 1 aromatic rings. The quantitative estimate of drug-likeness (QED) is 0.816. The van der Waals surface area contributed by atoms with Crippen molar-refractivity contribution in [3.05, 3.63) is 35.5 Å². The third kappa shape index (κ3) is 2.46. The molecule has 2 nitrogen and oxygen atoms in total. The van der Waals surface area contributed by atoms with E-state index < -0.39 is 0 Å². The molecule has 1 aliphatic rings. The minimum absolute atomic E-state index is 0.456. The zero-order valence-electron chi connectivity index (χ0n) is 11.2. The molecule has 1 aliphatic heterocycles. The van der Waals surface area contributed by atoms with Gasteiger partial charge in [0.2, 0.25) is 0 Å².